The number of hydrogen-bond acceptors (Lipinski definition) is 4. The Kier molecular flexibility index (Phi) is 5.72. The standard InChI is InChI=1S/C20H26N2O2/c1-23-18-12-6-10-16(20(18)24-2)14-22-17-11-7-13-21-19(17)15-8-4-3-5-9-15/h3-6,8-10,12,17,19,21-22H,7,11,13-14H2,1-2H3/t17-,19-/m0/s1. The van der Waals surface area contributed by atoms with Crippen molar-refractivity contribution < 1.29 is 9.47 Å². The molecule has 0 bridgehead atoms. The third-order valence-corrected chi connectivity index (χ3v) is 4.66. The molecule has 1 heterocycles. The van der Waals surface area contributed by atoms with Gasteiger partial charge in [0.15, 0.2) is 11.5 Å². The van der Waals surface area contributed by atoms with E-state index in [4.69, 9.17) is 9.47 Å². The van der Waals surface area contributed by atoms with Gasteiger partial charge in [0.25, 0.3) is 0 Å². The van der Waals surface area contributed by atoms with Crippen molar-refractivity contribution in [2.24, 2.45) is 0 Å². The van der Waals surface area contributed by atoms with Crippen LogP contribution in [0, 0.1) is 0 Å². The van der Waals surface area contributed by atoms with Crippen molar-refractivity contribution in [1.82, 2.24) is 10.6 Å². The van der Waals surface area contributed by atoms with Crippen molar-refractivity contribution in [3.05, 3.63) is 59.7 Å². The molecule has 2 atom stereocenters. The maximum Gasteiger partial charge on any atom is 0.165 e. The van der Waals surface area contributed by atoms with Gasteiger partial charge in [0, 0.05) is 24.2 Å². The van der Waals surface area contributed by atoms with Crippen LogP contribution in [-0.2, 0) is 6.54 Å². The molecule has 4 heteroatoms. The molecule has 1 fully saturated rings. The summed E-state index contributed by atoms with van der Waals surface area (Å²) in [5.41, 5.74) is 2.46. The highest BCUT2D eigenvalue weighted by Crippen LogP contribution is 2.31. The quantitative estimate of drug-likeness (QED) is 0.855. The Morgan fingerprint density at radius 3 is 2.62 bits per heavy atom. The Labute approximate surface area is 144 Å². The summed E-state index contributed by atoms with van der Waals surface area (Å²) >= 11 is 0. The fourth-order valence-corrected chi connectivity index (χ4v) is 3.45. The van der Waals surface area contributed by atoms with Crippen LogP contribution in [0.2, 0.25) is 0 Å². The van der Waals surface area contributed by atoms with E-state index in [0.29, 0.717) is 12.1 Å². The zero-order chi connectivity index (χ0) is 16.8. The first-order valence-corrected chi connectivity index (χ1v) is 8.55. The molecule has 0 aromatic heterocycles. The predicted molar refractivity (Wildman–Crippen MR) is 96.6 cm³/mol. The van der Waals surface area contributed by atoms with Crippen LogP contribution in [0.15, 0.2) is 48.5 Å². The lowest BCUT2D eigenvalue weighted by Gasteiger charge is -2.34. The van der Waals surface area contributed by atoms with Crippen molar-refractivity contribution in [1.29, 1.82) is 0 Å². The van der Waals surface area contributed by atoms with Gasteiger partial charge in [0.05, 0.1) is 14.2 Å². The van der Waals surface area contributed by atoms with Crippen LogP contribution in [0.4, 0.5) is 0 Å². The normalized spacial score (nSPS) is 20.6. The number of rotatable bonds is 6. The Hall–Kier alpha value is -2.04. The lowest BCUT2D eigenvalue weighted by atomic mass is 9.92. The van der Waals surface area contributed by atoms with Gasteiger partial charge >= 0.3 is 0 Å². The van der Waals surface area contributed by atoms with Gasteiger partial charge in [-0.1, -0.05) is 42.5 Å². The van der Waals surface area contributed by atoms with Crippen LogP contribution in [-0.4, -0.2) is 26.8 Å². The topological polar surface area (TPSA) is 42.5 Å². The molecule has 0 saturated carbocycles. The smallest absolute Gasteiger partial charge is 0.165 e. The van der Waals surface area contributed by atoms with Crippen LogP contribution >= 0.6 is 0 Å². The van der Waals surface area contributed by atoms with Gasteiger partial charge < -0.3 is 20.1 Å². The summed E-state index contributed by atoms with van der Waals surface area (Å²) in [5, 5.41) is 7.37. The SMILES string of the molecule is COc1cccc(CN[C@H]2CCCN[C@H]2c2ccccc2)c1OC. The van der Waals surface area contributed by atoms with Gasteiger partial charge in [0.2, 0.25) is 0 Å². The third-order valence-electron chi connectivity index (χ3n) is 4.66. The summed E-state index contributed by atoms with van der Waals surface area (Å²) in [4.78, 5) is 0. The summed E-state index contributed by atoms with van der Waals surface area (Å²) in [6.45, 7) is 1.83. The maximum atomic E-state index is 5.54. The average molecular weight is 326 g/mol. The lowest BCUT2D eigenvalue weighted by Crippen LogP contribution is -2.45. The summed E-state index contributed by atoms with van der Waals surface area (Å²) in [7, 11) is 3.36. The van der Waals surface area contributed by atoms with E-state index >= 15 is 0 Å². The Bertz CT molecular complexity index is 645. The van der Waals surface area contributed by atoms with Gasteiger partial charge in [-0.2, -0.15) is 0 Å². The molecule has 2 aromatic rings. The highest BCUT2D eigenvalue weighted by Gasteiger charge is 2.25. The molecule has 1 saturated heterocycles. The molecule has 3 rings (SSSR count). The average Bonchev–Trinajstić information content (AvgIpc) is 2.66. The Balaban J connectivity index is 1.73. The molecular formula is C20H26N2O2. The summed E-state index contributed by atoms with van der Waals surface area (Å²) in [6, 6.07) is 17.4. The molecule has 1 aliphatic heterocycles. The fourth-order valence-electron chi connectivity index (χ4n) is 3.45. The number of hydrogen-bond donors (Lipinski definition) is 2. The zero-order valence-corrected chi connectivity index (χ0v) is 14.4. The first-order chi connectivity index (χ1) is 11.8. The molecule has 0 radical (unpaired) electrons. The van der Waals surface area contributed by atoms with Gasteiger partial charge in [-0.15, -0.1) is 0 Å². The van der Waals surface area contributed by atoms with Crippen molar-refractivity contribution in [2.45, 2.75) is 31.5 Å². The second kappa shape index (κ2) is 8.18. The summed E-state index contributed by atoms with van der Waals surface area (Å²) in [6.07, 6.45) is 2.36. The molecule has 128 valence electrons. The van der Waals surface area contributed by atoms with Crippen LogP contribution in [0.3, 0.4) is 0 Å². The molecule has 0 amide bonds. The minimum atomic E-state index is 0.344. The molecule has 2 aromatic carbocycles. The van der Waals surface area contributed by atoms with Gasteiger partial charge in [-0.3, -0.25) is 0 Å². The Morgan fingerprint density at radius 2 is 1.88 bits per heavy atom. The van der Waals surface area contributed by atoms with Crippen molar-refractivity contribution >= 4 is 0 Å². The van der Waals surface area contributed by atoms with Crippen molar-refractivity contribution in [3.63, 3.8) is 0 Å². The van der Waals surface area contributed by atoms with E-state index in [-0.39, 0.29) is 0 Å². The lowest BCUT2D eigenvalue weighted by molar-refractivity contribution is 0.301. The van der Waals surface area contributed by atoms with E-state index in [2.05, 4.69) is 47.0 Å². The van der Waals surface area contributed by atoms with E-state index in [1.54, 1.807) is 14.2 Å². The zero-order valence-electron chi connectivity index (χ0n) is 14.4. The second-order valence-electron chi connectivity index (χ2n) is 6.12. The van der Waals surface area contributed by atoms with Gasteiger partial charge in [-0.25, -0.2) is 0 Å². The first kappa shape index (κ1) is 16.8. The van der Waals surface area contributed by atoms with Crippen LogP contribution in [0.25, 0.3) is 0 Å². The highest BCUT2D eigenvalue weighted by molar-refractivity contribution is 5.46. The van der Waals surface area contributed by atoms with E-state index in [1.807, 2.05) is 12.1 Å². The highest BCUT2D eigenvalue weighted by atomic mass is 16.5. The molecular weight excluding hydrogens is 300 g/mol. The van der Waals surface area contributed by atoms with Gasteiger partial charge in [-0.05, 0) is 31.0 Å². The van der Waals surface area contributed by atoms with Crippen LogP contribution < -0.4 is 20.1 Å². The predicted octanol–water partition coefficient (Wildman–Crippen LogP) is 3.29. The number of benzene rings is 2. The number of para-hydroxylation sites is 1. The minimum Gasteiger partial charge on any atom is -0.493 e. The number of nitrogens with one attached hydrogen (secondary N) is 2. The van der Waals surface area contributed by atoms with E-state index in [9.17, 15) is 0 Å². The monoisotopic (exact) mass is 326 g/mol. The maximum absolute atomic E-state index is 5.54. The number of methoxy groups -OCH3 is 2. The van der Waals surface area contributed by atoms with E-state index in [1.165, 1.54) is 18.4 Å². The third kappa shape index (κ3) is 3.71. The van der Waals surface area contributed by atoms with Gasteiger partial charge in [0.1, 0.15) is 0 Å². The number of piperidine rings is 1. The molecule has 0 spiro atoms. The van der Waals surface area contributed by atoms with Crippen molar-refractivity contribution in [3.8, 4) is 11.5 Å². The number of ether oxygens (including phenoxy) is 2. The first-order valence-electron chi connectivity index (χ1n) is 8.55. The summed E-state index contributed by atoms with van der Waals surface area (Å²) < 4.78 is 10.9. The second-order valence-corrected chi connectivity index (χ2v) is 6.12. The minimum absolute atomic E-state index is 0.344. The molecule has 0 aliphatic carbocycles. The molecule has 0 unspecified atom stereocenters. The van der Waals surface area contributed by atoms with E-state index < -0.39 is 0 Å². The molecule has 2 N–H and O–H groups in total. The molecule has 24 heavy (non-hydrogen) atoms. The molecule has 1 aliphatic rings. The van der Waals surface area contributed by atoms with Crippen LogP contribution in [0.5, 0.6) is 11.5 Å². The van der Waals surface area contributed by atoms with Crippen molar-refractivity contribution in [2.75, 3.05) is 20.8 Å². The summed E-state index contributed by atoms with van der Waals surface area (Å²) in [5.74, 6) is 1.59. The van der Waals surface area contributed by atoms with E-state index in [0.717, 1.165) is 30.2 Å². The van der Waals surface area contributed by atoms with Crippen LogP contribution in [0.1, 0.15) is 30.0 Å². The largest absolute Gasteiger partial charge is 0.493 e. The fraction of sp³-hybridized carbons (Fsp3) is 0.400. The Morgan fingerprint density at radius 1 is 1.04 bits per heavy atom. The molecule has 4 nitrogen and oxygen atoms in total.